The highest BCUT2D eigenvalue weighted by Gasteiger charge is 2.21. The van der Waals surface area contributed by atoms with Crippen LogP contribution in [0.15, 0.2) is 18.2 Å². The van der Waals surface area contributed by atoms with Gasteiger partial charge in [0, 0.05) is 0 Å². The molecule has 4 N–H and O–H groups in total. The zero-order valence-corrected chi connectivity index (χ0v) is 14.8. The molecule has 0 radical (unpaired) electrons. The van der Waals surface area contributed by atoms with E-state index in [-0.39, 0.29) is 31.2 Å². The first-order valence-electron chi connectivity index (χ1n) is 8.07. The Bertz CT molecular complexity index is 593. The summed E-state index contributed by atoms with van der Waals surface area (Å²) < 4.78 is 9.89. The summed E-state index contributed by atoms with van der Waals surface area (Å²) >= 11 is 0. The second-order valence-corrected chi connectivity index (χ2v) is 5.78. The highest BCUT2D eigenvalue weighted by molar-refractivity contribution is 5.78. The number of rotatable bonds is 9. The van der Waals surface area contributed by atoms with Crippen molar-refractivity contribution in [1.29, 1.82) is 0 Å². The van der Waals surface area contributed by atoms with Gasteiger partial charge in [-0.15, -0.1) is 0 Å². The number of ether oxygens (including phenoxy) is 2. The number of phenolic OH excluding ortho intramolecular Hbond substituents is 1. The Morgan fingerprint density at radius 2 is 2.04 bits per heavy atom. The molecule has 0 fully saturated rings. The number of esters is 1. The molecule has 1 rings (SSSR count). The maximum Gasteiger partial charge on any atom is 0.323 e. The SMILES string of the molecule is CC[C@H](C)[C@H](N)C(=O)OCCN(O)C(=O)Cc1ccc(OC)c(O)c1. The van der Waals surface area contributed by atoms with Gasteiger partial charge in [-0.05, 0) is 23.6 Å². The molecule has 25 heavy (non-hydrogen) atoms. The van der Waals surface area contributed by atoms with Crippen LogP contribution >= 0.6 is 0 Å². The van der Waals surface area contributed by atoms with E-state index in [9.17, 15) is 19.9 Å². The van der Waals surface area contributed by atoms with E-state index in [0.29, 0.717) is 16.4 Å². The molecule has 0 aliphatic rings. The molecule has 0 bridgehead atoms. The Kier molecular flexibility index (Phi) is 8.17. The van der Waals surface area contributed by atoms with Crippen LogP contribution in [0.2, 0.25) is 0 Å². The van der Waals surface area contributed by atoms with Crippen molar-refractivity contribution in [2.45, 2.75) is 32.7 Å². The summed E-state index contributed by atoms with van der Waals surface area (Å²) in [6, 6.07) is 3.79. The Hall–Kier alpha value is -2.32. The normalized spacial score (nSPS) is 13.0. The fraction of sp³-hybridized carbons (Fsp3) is 0.529. The number of methoxy groups -OCH3 is 1. The van der Waals surface area contributed by atoms with Gasteiger partial charge in [0.05, 0.1) is 20.1 Å². The molecule has 8 heteroatoms. The Morgan fingerprint density at radius 1 is 1.36 bits per heavy atom. The second-order valence-electron chi connectivity index (χ2n) is 5.78. The number of carbonyl (C=O) groups excluding carboxylic acids is 2. The molecule has 0 saturated carbocycles. The van der Waals surface area contributed by atoms with E-state index in [2.05, 4.69) is 0 Å². The third-order valence-electron chi connectivity index (χ3n) is 3.96. The molecule has 8 nitrogen and oxygen atoms in total. The van der Waals surface area contributed by atoms with Gasteiger partial charge in [0.2, 0.25) is 5.91 Å². The standard InChI is InChI=1S/C17H26N2O6/c1-4-11(2)16(18)17(22)25-8-7-19(23)15(21)10-12-5-6-14(24-3)13(20)9-12/h5-6,9,11,16,20,23H,4,7-8,10,18H2,1-3H3/t11-,16-/m0/s1. The molecule has 1 amide bonds. The lowest BCUT2D eigenvalue weighted by molar-refractivity contribution is -0.170. The molecular weight excluding hydrogens is 328 g/mol. The molecule has 0 aromatic heterocycles. The minimum absolute atomic E-state index is 0.0119. The van der Waals surface area contributed by atoms with Crippen LogP contribution in [-0.2, 0) is 20.7 Å². The summed E-state index contributed by atoms with van der Waals surface area (Å²) in [6.45, 7) is 3.44. The van der Waals surface area contributed by atoms with E-state index >= 15 is 0 Å². The van der Waals surface area contributed by atoms with Crippen molar-refractivity contribution < 1.29 is 29.4 Å². The third-order valence-corrected chi connectivity index (χ3v) is 3.96. The van der Waals surface area contributed by atoms with Crippen LogP contribution in [0, 0.1) is 5.92 Å². The highest BCUT2D eigenvalue weighted by atomic mass is 16.5. The maximum atomic E-state index is 11.9. The number of benzene rings is 1. The molecule has 1 aromatic rings. The Balaban J connectivity index is 2.44. The van der Waals surface area contributed by atoms with Crippen LogP contribution in [0.3, 0.4) is 0 Å². The number of hydrogen-bond acceptors (Lipinski definition) is 7. The number of amides is 1. The summed E-state index contributed by atoms with van der Waals surface area (Å²) in [5.41, 5.74) is 6.25. The first-order chi connectivity index (χ1) is 11.8. The fourth-order valence-corrected chi connectivity index (χ4v) is 2.05. The van der Waals surface area contributed by atoms with Crippen molar-refractivity contribution in [1.82, 2.24) is 5.06 Å². The molecule has 0 unspecified atom stereocenters. The minimum Gasteiger partial charge on any atom is -0.504 e. The van der Waals surface area contributed by atoms with Crippen molar-refractivity contribution in [3.8, 4) is 11.5 Å². The van der Waals surface area contributed by atoms with E-state index in [0.717, 1.165) is 6.42 Å². The summed E-state index contributed by atoms with van der Waals surface area (Å²) in [5.74, 6) is -0.962. The van der Waals surface area contributed by atoms with Crippen LogP contribution in [0.1, 0.15) is 25.8 Å². The molecular formula is C17H26N2O6. The summed E-state index contributed by atoms with van der Waals surface area (Å²) in [6.07, 6.45) is 0.629. The maximum absolute atomic E-state index is 11.9. The van der Waals surface area contributed by atoms with Crippen LogP contribution < -0.4 is 10.5 Å². The lowest BCUT2D eigenvalue weighted by atomic mass is 10.0. The molecule has 0 aliphatic carbocycles. The molecule has 140 valence electrons. The molecule has 2 atom stereocenters. The third kappa shape index (κ3) is 6.24. The quantitative estimate of drug-likeness (QED) is 0.344. The summed E-state index contributed by atoms with van der Waals surface area (Å²) in [5, 5.41) is 19.9. The van der Waals surface area contributed by atoms with Crippen LogP contribution in [0.5, 0.6) is 11.5 Å². The minimum atomic E-state index is -0.727. The first kappa shape index (κ1) is 20.7. The van der Waals surface area contributed by atoms with Crippen molar-refractivity contribution in [2.75, 3.05) is 20.3 Å². The predicted octanol–water partition coefficient (Wildman–Crippen LogP) is 1.08. The summed E-state index contributed by atoms with van der Waals surface area (Å²) in [7, 11) is 1.42. The van der Waals surface area contributed by atoms with Crippen molar-refractivity contribution in [2.24, 2.45) is 11.7 Å². The Morgan fingerprint density at radius 3 is 2.60 bits per heavy atom. The van der Waals surface area contributed by atoms with Gasteiger partial charge in [-0.3, -0.25) is 14.8 Å². The van der Waals surface area contributed by atoms with E-state index in [1.807, 2.05) is 13.8 Å². The van der Waals surface area contributed by atoms with Crippen LogP contribution in [0.25, 0.3) is 0 Å². The average molecular weight is 354 g/mol. The molecule has 0 aliphatic heterocycles. The number of aromatic hydroxyl groups is 1. The van der Waals surface area contributed by atoms with Gasteiger partial charge in [0.25, 0.3) is 0 Å². The highest BCUT2D eigenvalue weighted by Crippen LogP contribution is 2.26. The monoisotopic (exact) mass is 354 g/mol. The van der Waals surface area contributed by atoms with Crippen molar-refractivity contribution >= 4 is 11.9 Å². The van der Waals surface area contributed by atoms with Crippen LogP contribution in [0.4, 0.5) is 0 Å². The molecule has 0 saturated heterocycles. The van der Waals surface area contributed by atoms with Crippen LogP contribution in [-0.4, -0.2) is 53.6 Å². The van der Waals surface area contributed by atoms with E-state index < -0.39 is 17.9 Å². The van der Waals surface area contributed by atoms with E-state index in [4.69, 9.17) is 15.2 Å². The smallest absolute Gasteiger partial charge is 0.323 e. The zero-order chi connectivity index (χ0) is 19.0. The second kappa shape index (κ2) is 9.85. The van der Waals surface area contributed by atoms with Gasteiger partial charge in [0.15, 0.2) is 11.5 Å². The first-order valence-corrected chi connectivity index (χ1v) is 8.07. The predicted molar refractivity (Wildman–Crippen MR) is 90.3 cm³/mol. The summed E-state index contributed by atoms with van der Waals surface area (Å²) in [4.78, 5) is 23.7. The topological polar surface area (TPSA) is 122 Å². The van der Waals surface area contributed by atoms with E-state index in [1.54, 1.807) is 6.07 Å². The number of phenols is 1. The van der Waals surface area contributed by atoms with Gasteiger partial charge in [-0.25, -0.2) is 5.06 Å². The fourth-order valence-electron chi connectivity index (χ4n) is 2.05. The zero-order valence-electron chi connectivity index (χ0n) is 14.8. The number of nitrogens with two attached hydrogens (primary N) is 1. The number of hydroxylamine groups is 2. The largest absolute Gasteiger partial charge is 0.504 e. The number of hydrogen-bond donors (Lipinski definition) is 3. The molecule has 0 spiro atoms. The lowest BCUT2D eigenvalue weighted by Gasteiger charge is -2.19. The van der Waals surface area contributed by atoms with Gasteiger partial charge in [-0.1, -0.05) is 26.3 Å². The van der Waals surface area contributed by atoms with Gasteiger partial charge < -0.3 is 20.3 Å². The number of carbonyl (C=O) groups is 2. The van der Waals surface area contributed by atoms with Gasteiger partial charge in [0.1, 0.15) is 12.6 Å². The van der Waals surface area contributed by atoms with Gasteiger partial charge >= 0.3 is 5.97 Å². The van der Waals surface area contributed by atoms with Gasteiger partial charge in [-0.2, -0.15) is 0 Å². The molecule has 1 aromatic carbocycles. The van der Waals surface area contributed by atoms with E-state index in [1.165, 1.54) is 19.2 Å². The lowest BCUT2D eigenvalue weighted by Crippen LogP contribution is -2.39. The molecule has 0 heterocycles. The number of nitrogens with zero attached hydrogens (tertiary/aromatic N) is 1. The van der Waals surface area contributed by atoms with Crippen molar-refractivity contribution in [3.05, 3.63) is 23.8 Å². The average Bonchev–Trinajstić information content (AvgIpc) is 2.60. The van der Waals surface area contributed by atoms with Crippen molar-refractivity contribution in [3.63, 3.8) is 0 Å². The Labute approximate surface area is 147 Å².